The fourth-order valence-corrected chi connectivity index (χ4v) is 3.39. The van der Waals surface area contributed by atoms with E-state index in [4.69, 9.17) is 4.74 Å². The lowest BCUT2D eigenvalue weighted by molar-refractivity contribution is -0.384. The summed E-state index contributed by atoms with van der Waals surface area (Å²) in [6.07, 6.45) is 0. The Labute approximate surface area is 179 Å². The van der Waals surface area contributed by atoms with E-state index in [-0.39, 0.29) is 11.7 Å². The van der Waals surface area contributed by atoms with E-state index in [1.54, 1.807) is 17.0 Å². The highest BCUT2D eigenvalue weighted by atomic mass is 16.6. The number of hydrogen-bond acceptors (Lipinski definition) is 5. The van der Waals surface area contributed by atoms with E-state index < -0.39 is 4.92 Å². The molecular formula is C23H22N4O4. The van der Waals surface area contributed by atoms with Gasteiger partial charge < -0.3 is 19.9 Å². The summed E-state index contributed by atoms with van der Waals surface area (Å²) in [5.74, 6) is 1.45. The van der Waals surface area contributed by atoms with Crippen molar-refractivity contribution in [2.24, 2.45) is 0 Å². The van der Waals surface area contributed by atoms with Crippen LogP contribution in [0.3, 0.4) is 0 Å². The Balaban J connectivity index is 1.28. The van der Waals surface area contributed by atoms with Gasteiger partial charge >= 0.3 is 6.03 Å². The van der Waals surface area contributed by atoms with Gasteiger partial charge in [0, 0.05) is 49.7 Å². The highest BCUT2D eigenvalue weighted by Crippen LogP contribution is 2.23. The number of non-ortho nitro benzene ring substituents is 1. The maximum Gasteiger partial charge on any atom is 0.321 e. The third-order valence-electron chi connectivity index (χ3n) is 5.08. The number of para-hydroxylation sites is 1. The minimum absolute atomic E-state index is 0.0713. The molecule has 0 saturated carbocycles. The summed E-state index contributed by atoms with van der Waals surface area (Å²) < 4.78 is 5.76. The molecule has 2 amide bonds. The van der Waals surface area contributed by atoms with Gasteiger partial charge in [0.05, 0.1) is 4.92 Å². The Morgan fingerprint density at radius 2 is 1.45 bits per heavy atom. The van der Waals surface area contributed by atoms with Gasteiger partial charge in [-0.3, -0.25) is 10.1 Å². The Morgan fingerprint density at radius 1 is 0.839 bits per heavy atom. The standard InChI is InChI=1S/C23H22N4O4/c28-23(24-18-6-12-22(13-7-18)31-21-4-2-1-3-5-21)26-16-14-25(15-17-26)19-8-10-20(11-9-19)27(29)30/h1-13H,14-17H2,(H,24,28). The quantitative estimate of drug-likeness (QED) is 0.478. The highest BCUT2D eigenvalue weighted by molar-refractivity contribution is 5.89. The smallest absolute Gasteiger partial charge is 0.321 e. The van der Waals surface area contributed by atoms with Crippen molar-refractivity contribution >= 4 is 23.1 Å². The van der Waals surface area contributed by atoms with Crippen LogP contribution in [0.5, 0.6) is 11.5 Å². The molecule has 1 aliphatic heterocycles. The largest absolute Gasteiger partial charge is 0.457 e. The van der Waals surface area contributed by atoms with Crippen LogP contribution in [0.2, 0.25) is 0 Å². The second-order valence-corrected chi connectivity index (χ2v) is 7.12. The SMILES string of the molecule is O=C(Nc1ccc(Oc2ccccc2)cc1)N1CCN(c2ccc([N+](=O)[O-])cc2)CC1. The van der Waals surface area contributed by atoms with Gasteiger partial charge in [-0.05, 0) is 48.5 Å². The zero-order valence-corrected chi connectivity index (χ0v) is 16.8. The molecular weight excluding hydrogens is 396 g/mol. The summed E-state index contributed by atoms with van der Waals surface area (Å²) in [5.41, 5.74) is 1.69. The van der Waals surface area contributed by atoms with Crippen molar-refractivity contribution in [1.29, 1.82) is 0 Å². The summed E-state index contributed by atoms with van der Waals surface area (Å²) in [6.45, 7) is 2.46. The molecule has 8 nitrogen and oxygen atoms in total. The van der Waals surface area contributed by atoms with Gasteiger partial charge in [-0.1, -0.05) is 18.2 Å². The zero-order chi connectivity index (χ0) is 21.6. The normalized spacial score (nSPS) is 13.5. The van der Waals surface area contributed by atoms with Crippen LogP contribution in [0.25, 0.3) is 0 Å². The van der Waals surface area contributed by atoms with Crippen molar-refractivity contribution < 1.29 is 14.5 Å². The number of nitrogens with zero attached hydrogens (tertiary/aromatic N) is 3. The van der Waals surface area contributed by atoms with E-state index in [1.165, 1.54) is 12.1 Å². The Hall–Kier alpha value is -4.07. The molecule has 0 radical (unpaired) electrons. The van der Waals surface area contributed by atoms with E-state index in [2.05, 4.69) is 10.2 Å². The third kappa shape index (κ3) is 5.11. The van der Waals surface area contributed by atoms with Crippen molar-refractivity contribution in [3.63, 3.8) is 0 Å². The minimum atomic E-state index is -0.410. The Kier molecular flexibility index (Phi) is 5.98. The molecule has 0 unspecified atom stereocenters. The lowest BCUT2D eigenvalue weighted by Gasteiger charge is -2.36. The van der Waals surface area contributed by atoms with Crippen LogP contribution in [0.4, 0.5) is 21.9 Å². The number of amides is 2. The lowest BCUT2D eigenvalue weighted by atomic mass is 10.2. The summed E-state index contributed by atoms with van der Waals surface area (Å²) in [7, 11) is 0. The predicted molar refractivity (Wildman–Crippen MR) is 119 cm³/mol. The van der Waals surface area contributed by atoms with Crippen LogP contribution >= 0.6 is 0 Å². The van der Waals surface area contributed by atoms with Gasteiger partial charge in [-0.25, -0.2) is 4.79 Å². The fraction of sp³-hybridized carbons (Fsp3) is 0.174. The van der Waals surface area contributed by atoms with Gasteiger partial charge in [0.1, 0.15) is 11.5 Å². The molecule has 31 heavy (non-hydrogen) atoms. The second-order valence-electron chi connectivity index (χ2n) is 7.12. The maximum absolute atomic E-state index is 12.6. The van der Waals surface area contributed by atoms with Gasteiger partial charge in [0.25, 0.3) is 5.69 Å². The van der Waals surface area contributed by atoms with E-state index in [1.807, 2.05) is 54.6 Å². The average Bonchev–Trinajstić information content (AvgIpc) is 2.81. The number of carbonyl (C=O) groups excluding carboxylic acids is 1. The van der Waals surface area contributed by atoms with Crippen molar-refractivity contribution in [3.8, 4) is 11.5 Å². The molecule has 3 aromatic rings. The summed E-state index contributed by atoms with van der Waals surface area (Å²) in [6, 6.07) is 23.1. The van der Waals surface area contributed by atoms with E-state index in [0.29, 0.717) is 37.6 Å². The molecule has 1 N–H and O–H groups in total. The third-order valence-corrected chi connectivity index (χ3v) is 5.08. The molecule has 1 aliphatic rings. The van der Waals surface area contributed by atoms with E-state index in [0.717, 1.165) is 11.4 Å². The zero-order valence-electron chi connectivity index (χ0n) is 16.8. The maximum atomic E-state index is 12.6. The molecule has 1 saturated heterocycles. The van der Waals surface area contributed by atoms with E-state index in [9.17, 15) is 14.9 Å². The molecule has 0 aromatic heterocycles. The minimum Gasteiger partial charge on any atom is -0.457 e. The van der Waals surface area contributed by atoms with Crippen LogP contribution in [-0.2, 0) is 0 Å². The van der Waals surface area contributed by atoms with Gasteiger partial charge in [-0.15, -0.1) is 0 Å². The van der Waals surface area contributed by atoms with Crippen molar-refractivity contribution in [3.05, 3.63) is 89.0 Å². The van der Waals surface area contributed by atoms with Crippen LogP contribution < -0.4 is 15.0 Å². The first-order valence-corrected chi connectivity index (χ1v) is 9.97. The summed E-state index contributed by atoms with van der Waals surface area (Å²) in [4.78, 5) is 26.9. The topological polar surface area (TPSA) is 88.0 Å². The number of nitrogens with one attached hydrogen (secondary N) is 1. The molecule has 0 aliphatic carbocycles. The first-order valence-electron chi connectivity index (χ1n) is 9.97. The Morgan fingerprint density at radius 3 is 2.06 bits per heavy atom. The van der Waals surface area contributed by atoms with Crippen LogP contribution in [0.1, 0.15) is 0 Å². The number of carbonyl (C=O) groups is 1. The van der Waals surface area contributed by atoms with E-state index >= 15 is 0 Å². The second kappa shape index (κ2) is 9.17. The lowest BCUT2D eigenvalue weighted by Crippen LogP contribution is -2.50. The Bertz CT molecular complexity index is 1030. The summed E-state index contributed by atoms with van der Waals surface area (Å²) in [5, 5.41) is 13.7. The van der Waals surface area contributed by atoms with Gasteiger partial charge in [0.15, 0.2) is 0 Å². The molecule has 8 heteroatoms. The van der Waals surface area contributed by atoms with Crippen molar-refractivity contribution in [2.75, 3.05) is 36.4 Å². The molecule has 1 fully saturated rings. The summed E-state index contributed by atoms with van der Waals surface area (Å²) >= 11 is 0. The van der Waals surface area contributed by atoms with Crippen LogP contribution in [0, 0.1) is 10.1 Å². The van der Waals surface area contributed by atoms with Crippen LogP contribution in [-0.4, -0.2) is 42.0 Å². The van der Waals surface area contributed by atoms with Crippen LogP contribution in [0.15, 0.2) is 78.9 Å². The molecule has 1 heterocycles. The number of nitro benzene ring substituents is 1. The first kappa shape index (κ1) is 20.2. The molecule has 0 spiro atoms. The number of anilines is 2. The number of piperazine rings is 1. The fourth-order valence-electron chi connectivity index (χ4n) is 3.39. The van der Waals surface area contributed by atoms with Crippen molar-refractivity contribution in [2.45, 2.75) is 0 Å². The molecule has 158 valence electrons. The van der Waals surface area contributed by atoms with Gasteiger partial charge in [-0.2, -0.15) is 0 Å². The predicted octanol–water partition coefficient (Wildman–Crippen LogP) is 4.74. The molecule has 3 aromatic carbocycles. The molecule has 0 bridgehead atoms. The number of rotatable bonds is 5. The number of nitro groups is 1. The monoisotopic (exact) mass is 418 g/mol. The molecule has 0 atom stereocenters. The van der Waals surface area contributed by atoms with Crippen molar-refractivity contribution in [1.82, 2.24) is 4.90 Å². The average molecular weight is 418 g/mol. The number of hydrogen-bond donors (Lipinski definition) is 1. The first-order chi connectivity index (χ1) is 15.1. The number of ether oxygens (including phenoxy) is 1. The number of benzene rings is 3. The van der Waals surface area contributed by atoms with Gasteiger partial charge in [0.2, 0.25) is 0 Å². The molecule has 4 rings (SSSR count). The highest BCUT2D eigenvalue weighted by Gasteiger charge is 2.21. The number of urea groups is 1.